The van der Waals surface area contributed by atoms with Gasteiger partial charge in [-0.15, -0.1) is 6.58 Å². The molecule has 0 heterocycles. The summed E-state index contributed by atoms with van der Waals surface area (Å²) in [5.74, 6) is -2.63. The Morgan fingerprint density at radius 2 is 1.97 bits per heavy atom. The maximum Gasteiger partial charge on any atom is 0.257 e. The van der Waals surface area contributed by atoms with Crippen LogP contribution in [0.4, 0.5) is 8.78 Å². The average Bonchev–Trinajstić information content (AvgIpc) is 3.08. The Kier molecular flexibility index (Phi) is 5.99. The molecule has 2 fully saturated rings. The standard InChI is InChI=1S/C29H33F2NO2/c1-2-28-15-14-24-23-12-10-22(33)16-20(23)8-11-25(24)27(28)21(17-29(28,30)31)9-13-26(34)32-18-19-6-4-3-5-7-19/h2-7,10,12,16,21,24-25,27,33H,1,8-9,11,13-15,17-18H2,(H,32,34)/t21-,24-,25?,27+,28+/m1/s1. The van der Waals surface area contributed by atoms with Crippen LogP contribution < -0.4 is 5.32 Å². The number of phenolic OH excluding ortho intramolecular Hbond substituents is 1. The molecule has 3 nitrogen and oxygen atoms in total. The normalized spacial score (nSPS) is 31.1. The fourth-order valence-corrected chi connectivity index (χ4v) is 7.38. The Morgan fingerprint density at radius 3 is 2.74 bits per heavy atom. The van der Waals surface area contributed by atoms with Crippen molar-refractivity contribution in [3.8, 4) is 5.75 Å². The minimum absolute atomic E-state index is 0.0832. The molecule has 1 amide bonds. The van der Waals surface area contributed by atoms with Crippen molar-refractivity contribution in [3.05, 3.63) is 77.9 Å². The van der Waals surface area contributed by atoms with Gasteiger partial charge in [-0.2, -0.15) is 0 Å². The third kappa shape index (κ3) is 3.83. The predicted molar refractivity (Wildman–Crippen MR) is 129 cm³/mol. The van der Waals surface area contributed by atoms with Gasteiger partial charge >= 0.3 is 0 Å². The summed E-state index contributed by atoms with van der Waals surface area (Å²) in [6, 6.07) is 15.2. The van der Waals surface area contributed by atoms with Crippen molar-refractivity contribution >= 4 is 5.91 Å². The van der Waals surface area contributed by atoms with Gasteiger partial charge in [0.05, 0.1) is 5.41 Å². The van der Waals surface area contributed by atoms with Crippen molar-refractivity contribution in [2.75, 3.05) is 0 Å². The number of allylic oxidation sites excluding steroid dienone is 1. The monoisotopic (exact) mass is 465 g/mol. The molecular weight excluding hydrogens is 432 g/mol. The first-order valence-electron chi connectivity index (χ1n) is 12.5. The number of hydrogen-bond acceptors (Lipinski definition) is 2. The zero-order valence-electron chi connectivity index (χ0n) is 19.5. The number of fused-ring (bicyclic) bond motifs is 5. The Morgan fingerprint density at radius 1 is 1.18 bits per heavy atom. The van der Waals surface area contributed by atoms with Crippen LogP contribution in [0.15, 0.2) is 61.2 Å². The molecule has 3 aliphatic carbocycles. The molecule has 0 saturated heterocycles. The number of aromatic hydroxyl groups is 1. The molecule has 3 aliphatic rings. The van der Waals surface area contributed by atoms with Crippen molar-refractivity contribution in [2.45, 2.75) is 63.3 Å². The van der Waals surface area contributed by atoms with E-state index in [0.717, 1.165) is 24.0 Å². The maximum absolute atomic E-state index is 15.6. The van der Waals surface area contributed by atoms with Crippen LogP contribution in [0.1, 0.15) is 61.1 Å². The topological polar surface area (TPSA) is 49.3 Å². The van der Waals surface area contributed by atoms with Crippen molar-refractivity contribution < 1.29 is 18.7 Å². The number of aryl methyl sites for hydroxylation is 1. The number of nitrogens with one attached hydrogen (secondary N) is 1. The number of carbonyl (C=O) groups is 1. The molecule has 5 rings (SSSR count). The fraction of sp³-hybridized carbons (Fsp3) is 0.483. The van der Waals surface area contributed by atoms with E-state index >= 15 is 8.78 Å². The van der Waals surface area contributed by atoms with Gasteiger partial charge in [-0.1, -0.05) is 42.5 Å². The second-order valence-electron chi connectivity index (χ2n) is 10.5. The van der Waals surface area contributed by atoms with Gasteiger partial charge in [0.1, 0.15) is 5.75 Å². The summed E-state index contributed by atoms with van der Waals surface area (Å²) >= 11 is 0. The van der Waals surface area contributed by atoms with E-state index in [9.17, 15) is 9.90 Å². The highest BCUT2D eigenvalue weighted by Gasteiger charge is 2.68. The van der Waals surface area contributed by atoms with E-state index in [0.29, 0.717) is 25.8 Å². The van der Waals surface area contributed by atoms with Crippen molar-refractivity contribution in [1.82, 2.24) is 5.32 Å². The van der Waals surface area contributed by atoms with E-state index in [-0.39, 0.29) is 48.2 Å². The number of amides is 1. The lowest BCUT2D eigenvalue weighted by Gasteiger charge is -2.51. The molecule has 2 N–H and O–H groups in total. The van der Waals surface area contributed by atoms with Crippen molar-refractivity contribution in [2.24, 2.45) is 23.2 Å². The summed E-state index contributed by atoms with van der Waals surface area (Å²) in [7, 11) is 0. The summed E-state index contributed by atoms with van der Waals surface area (Å²) in [4.78, 5) is 12.6. The number of benzene rings is 2. The molecule has 0 bridgehead atoms. The van der Waals surface area contributed by atoms with Gasteiger partial charge in [0.25, 0.3) is 5.92 Å². The minimum Gasteiger partial charge on any atom is -0.508 e. The zero-order chi connectivity index (χ0) is 23.9. The van der Waals surface area contributed by atoms with Crippen LogP contribution >= 0.6 is 0 Å². The fourth-order valence-electron chi connectivity index (χ4n) is 7.38. The van der Waals surface area contributed by atoms with Gasteiger partial charge in [0, 0.05) is 19.4 Å². The highest BCUT2D eigenvalue weighted by Crippen LogP contribution is 2.69. The molecule has 2 saturated carbocycles. The highest BCUT2D eigenvalue weighted by atomic mass is 19.3. The SMILES string of the molecule is C=C[C@]12CC[C@@H]3c4ccc(O)cc4CCC3[C@@H]1[C@H](CCC(=O)NCc1ccccc1)CC2(F)F. The van der Waals surface area contributed by atoms with E-state index < -0.39 is 11.3 Å². The lowest BCUT2D eigenvalue weighted by Crippen LogP contribution is -2.48. The Bertz CT molecular complexity index is 1070. The van der Waals surface area contributed by atoms with Gasteiger partial charge in [0.2, 0.25) is 5.91 Å². The second-order valence-corrected chi connectivity index (χ2v) is 10.5. The molecule has 34 heavy (non-hydrogen) atoms. The van der Waals surface area contributed by atoms with Gasteiger partial charge in [-0.3, -0.25) is 4.79 Å². The molecular formula is C29H33F2NO2. The largest absolute Gasteiger partial charge is 0.508 e. The number of rotatable bonds is 6. The minimum atomic E-state index is -2.80. The van der Waals surface area contributed by atoms with Crippen LogP contribution in [-0.2, 0) is 17.8 Å². The van der Waals surface area contributed by atoms with Crippen LogP contribution in [0, 0.1) is 23.2 Å². The van der Waals surface area contributed by atoms with E-state index in [1.54, 1.807) is 12.1 Å². The molecule has 2 aromatic carbocycles. The van der Waals surface area contributed by atoms with Gasteiger partial charge < -0.3 is 10.4 Å². The van der Waals surface area contributed by atoms with Gasteiger partial charge in [-0.25, -0.2) is 8.78 Å². The molecule has 1 unspecified atom stereocenters. The average molecular weight is 466 g/mol. The number of hydrogen-bond donors (Lipinski definition) is 2. The maximum atomic E-state index is 15.6. The molecule has 0 radical (unpaired) electrons. The predicted octanol–water partition coefficient (Wildman–Crippen LogP) is 6.37. The van der Waals surface area contributed by atoms with Crippen LogP contribution in [0.5, 0.6) is 5.75 Å². The first-order valence-corrected chi connectivity index (χ1v) is 12.5. The number of alkyl halides is 2. The molecule has 0 spiro atoms. The molecule has 180 valence electrons. The van der Waals surface area contributed by atoms with E-state index in [2.05, 4.69) is 11.9 Å². The summed E-state index contributed by atoms with van der Waals surface area (Å²) in [6.07, 6.45) is 4.90. The quantitative estimate of drug-likeness (QED) is 0.487. The lowest BCUT2D eigenvalue weighted by atomic mass is 9.53. The third-order valence-corrected chi connectivity index (χ3v) is 8.86. The van der Waals surface area contributed by atoms with E-state index in [1.807, 2.05) is 42.5 Å². The van der Waals surface area contributed by atoms with Crippen LogP contribution in [-0.4, -0.2) is 16.9 Å². The molecule has 2 aromatic rings. The number of halogens is 2. The highest BCUT2D eigenvalue weighted by molar-refractivity contribution is 5.75. The number of carbonyl (C=O) groups excluding carboxylic acids is 1. The molecule has 5 atom stereocenters. The van der Waals surface area contributed by atoms with Crippen LogP contribution in [0.25, 0.3) is 0 Å². The van der Waals surface area contributed by atoms with E-state index in [1.165, 1.54) is 5.56 Å². The van der Waals surface area contributed by atoms with Gasteiger partial charge in [0.15, 0.2) is 0 Å². The summed E-state index contributed by atoms with van der Waals surface area (Å²) in [5.41, 5.74) is 2.19. The smallest absolute Gasteiger partial charge is 0.257 e. The Labute approximate surface area is 200 Å². The first kappa shape index (κ1) is 23.1. The molecule has 0 aliphatic heterocycles. The summed E-state index contributed by atoms with van der Waals surface area (Å²) < 4.78 is 31.2. The second kappa shape index (κ2) is 8.83. The molecule has 5 heteroatoms. The summed E-state index contributed by atoms with van der Waals surface area (Å²) in [6.45, 7) is 4.36. The summed E-state index contributed by atoms with van der Waals surface area (Å²) in [5, 5.41) is 12.9. The Hall–Kier alpha value is -2.69. The van der Waals surface area contributed by atoms with Crippen LogP contribution in [0.2, 0.25) is 0 Å². The first-order chi connectivity index (χ1) is 16.3. The van der Waals surface area contributed by atoms with Gasteiger partial charge in [-0.05, 0) is 84.6 Å². The lowest BCUT2D eigenvalue weighted by molar-refractivity contribution is -0.121. The van der Waals surface area contributed by atoms with Crippen molar-refractivity contribution in [1.29, 1.82) is 0 Å². The number of phenols is 1. The Balaban J connectivity index is 1.34. The third-order valence-electron chi connectivity index (χ3n) is 8.86. The van der Waals surface area contributed by atoms with E-state index in [4.69, 9.17) is 0 Å². The van der Waals surface area contributed by atoms with Crippen molar-refractivity contribution in [3.63, 3.8) is 0 Å². The van der Waals surface area contributed by atoms with Crippen LogP contribution in [0.3, 0.4) is 0 Å². The molecule has 0 aromatic heterocycles. The zero-order valence-corrected chi connectivity index (χ0v) is 19.5.